The van der Waals surface area contributed by atoms with Crippen molar-refractivity contribution in [3.05, 3.63) is 29.8 Å². The molecule has 118 valence electrons. The molecule has 0 heterocycles. The van der Waals surface area contributed by atoms with E-state index in [-0.39, 0.29) is 14.6 Å². The van der Waals surface area contributed by atoms with Crippen LogP contribution >= 0.6 is 24.0 Å². The first-order valence-electron chi connectivity index (χ1n) is 6.75. The predicted molar refractivity (Wildman–Crippen MR) is 94.3 cm³/mol. The monoisotopic (exact) mass is 346 g/mol. The van der Waals surface area contributed by atoms with Crippen molar-refractivity contribution in [3.8, 4) is 0 Å². The normalized spacial score (nSPS) is 12.3. The molecule has 0 unspecified atom stereocenters. The molecule has 0 amide bonds. The Kier molecular flexibility index (Phi) is 6.65. The molecule has 0 bridgehead atoms. The van der Waals surface area contributed by atoms with Crippen molar-refractivity contribution in [1.29, 1.82) is 0 Å². The van der Waals surface area contributed by atoms with E-state index < -0.39 is 10.0 Å². The summed E-state index contributed by atoms with van der Waals surface area (Å²) in [5, 5.41) is 0. The minimum absolute atomic E-state index is 0.0816. The van der Waals surface area contributed by atoms with Crippen molar-refractivity contribution in [2.45, 2.75) is 36.3 Å². The Balaban J connectivity index is 3.06. The molecule has 7 heteroatoms. The van der Waals surface area contributed by atoms with E-state index in [1.807, 2.05) is 6.26 Å². The lowest BCUT2D eigenvalue weighted by atomic mass is 10.0. The third kappa shape index (κ3) is 4.42. The number of benzene rings is 1. The van der Waals surface area contributed by atoms with Gasteiger partial charge in [-0.2, -0.15) is 11.8 Å². The van der Waals surface area contributed by atoms with Crippen molar-refractivity contribution >= 4 is 39.0 Å². The molecule has 0 atom stereocenters. The minimum atomic E-state index is -3.63. The summed E-state index contributed by atoms with van der Waals surface area (Å²) in [7, 11) is -3.63. The molecule has 1 rings (SSSR count). The number of nitrogens with two attached hydrogens (primary N) is 1. The number of rotatable bonds is 8. The van der Waals surface area contributed by atoms with Gasteiger partial charge in [-0.3, -0.25) is 0 Å². The second-order valence-electron chi connectivity index (χ2n) is 4.78. The summed E-state index contributed by atoms with van der Waals surface area (Å²) in [5.74, 6) is 0. The van der Waals surface area contributed by atoms with Gasteiger partial charge in [0.15, 0.2) is 0 Å². The highest BCUT2D eigenvalue weighted by atomic mass is 32.2. The van der Waals surface area contributed by atoms with E-state index in [2.05, 4.69) is 18.6 Å². The van der Waals surface area contributed by atoms with Crippen LogP contribution < -0.4 is 10.5 Å². The second-order valence-corrected chi connectivity index (χ2v) is 8.23. The molecule has 0 radical (unpaired) electrons. The van der Waals surface area contributed by atoms with Crippen LogP contribution in [0.5, 0.6) is 0 Å². The maximum Gasteiger partial charge on any atom is 0.241 e. The molecule has 21 heavy (non-hydrogen) atoms. The van der Waals surface area contributed by atoms with Gasteiger partial charge >= 0.3 is 0 Å². The number of nitrogens with one attached hydrogen (secondary N) is 1. The van der Waals surface area contributed by atoms with Gasteiger partial charge in [-0.15, -0.1) is 0 Å². The number of hydrogen-bond donors (Lipinski definition) is 2. The summed E-state index contributed by atoms with van der Waals surface area (Å²) < 4.78 is 27.6. The zero-order valence-electron chi connectivity index (χ0n) is 12.5. The first-order valence-corrected chi connectivity index (χ1v) is 9.87. The predicted octanol–water partition coefficient (Wildman–Crippen LogP) is 2.52. The largest absolute Gasteiger partial charge is 0.389 e. The summed E-state index contributed by atoms with van der Waals surface area (Å²) in [4.78, 5) is 0.220. The summed E-state index contributed by atoms with van der Waals surface area (Å²) >= 11 is 6.61. The summed E-state index contributed by atoms with van der Waals surface area (Å²) in [6, 6.07) is 6.53. The fourth-order valence-corrected chi connectivity index (χ4v) is 4.54. The van der Waals surface area contributed by atoms with Gasteiger partial charge in [0.2, 0.25) is 10.0 Å². The van der Waals surface area contributed by atoms with E-state index in [0.29, 0.717) is 12.1 Å². The Labute approximate surface area is 136 Å². The van der Waals surface area contributed by atoms with Gasteiger partial charge in [0, 0.05) is 16.9 Å². The molecule has 0 aliphatic heterocycles. The van der Waals surface area contributed by atoms with Gasteiger partial charge in [-0.1, -0.05) is 44.3 Å². The zero-order chi connectivity index (χ0) is 16.1. The van der Waals surface area contributed by atoms with Gasteiger partial charge in [0.1, 0.15) is 4.99 Å². The molecule has 0 aromatic heterocycles. The van der Waals surface area contributed by atoms with Gasteiger partial charge in [0.05, 0.1) is 4.90 Å². The van der Waals surface area contributed by atoms with Gasteiger partial charge < -0.3 is 5.73 Å². The lowest BCUT2D eigenvalue weighted by Crippen LogP contribution is -2.40. The summed E-state index contributed by atoms with van der Waals surface area (Å²) in [6.45, 7) is 4.52. The van der Waals surface area contributed by atoms with E-state index in [1.165, 1.54) is 6.07 Å². The van der Waals surface area contributed by atoms with Crippen molar-refractivity contribution in [2.24, 2.45) is 5.73 Å². The Hall–Kier alpha value is -0.630. The molecule has 4 nitrogen and oxygen atoms in total. The average Bonchev–Trinajstić information content (AvgIpc) is 2.49. The molecule has 0 saturated heterocycles. The summed E-state index contributed by atoms with van der Waals surface area (Å²) in [6.07, 6.45) is 3.79. The second kappa shape index (κ2) is 7.58. The van der Waals surface area contributed by atoms with Crippen molar-refractivity contribution < 1.29 is 8.42 Å². The van der Waals surface area contributed by atoms with Gasteiger partial charge in [0.25, 0.3) is 0 Å². The van der Waals surface area contributed by atoms with Crippen LogP contribution in [0.25, 0.3) is 0 Å². The lowest BCUT2D eigenvalue weighted by Gasteiger charge is -2.29. The number of sulfonamides is 1. The maximum absolute atomic E-state index is 12.5. The number of hydrogen-bond acceptors (Lipinski definition) is 4. The number of thiocarbonyl (C=S) groups is 1. The standard InChI is InChI=1S/C14H22N2O2S3/c1-4-14(5-2,20-3)10-16-21(17,18)12-9-7-6-8-11(12)13(15)19/h6-9,16H,4-5,10H2,1-3H3,(H2,15,19). The van der Waals surface area contributed by atoms with Crippen LogP contribution in [0.1, 0.15) is 32.3 Å². The third-order valence-corrected chi connectivity index (χ3v) is 7.02. The highest BCUT2D eigenvalue weighted by Gasteiger charge is 2.28. The maximum atomic E-state index is 12.5. The van der Waals surface area contributed by atoms with Crippen molar-refractivity contribution in [1.82, 2.24) is 4.72 Å². The van der Waals surface area contributed by atoms with Crippen LogP contribution in [0.2, 0.25) is 0 Å². The first kappa shape index (κ1) is 18.4. The van der Waals surface area contributed by atoms with Gasteiger partial charge in [-0.05, 0) is 25.2 Å². The smallest absolute Gasteiger partial charge is 0.241 e. The fourth-order valence-electron chi connectivity index (χ4n) is 2.07. The Morgan fingerprint density at radius 3 is 2.38 bits per heavy atom. The highest BCUT2D eigenvalue weighted by molar-refractivity contribution is 8.00. The highest BCUT2D eigenvalue weighted by Crippen LogP contribution is 2.30. The summed E-state index contributed by atoms with van der Waals surface area (Å²) in [5.41, 5.74) is 5.98. The Morgan fingerprint density at radius 2 is 1.90 bits per heavy atom. The molecule has 0 saturated carbocycles. The van der Waals surface area contributed by atoms with Crippen molar-refractivity contribution in [2.75, 3.05) is 12.8 Å². The third-order valence-electron chi connectivity index (χ3n) is 3.75. The van der Waals surface area contributed by atoms with E-state index >= 15 is 0 Å². The van der Waals surface area contributed by atoms with Crippen LogP contribution in [-0.4, -0.2) is 31.0 Å². The van der Waals surface area contributed by atoms with Crippen molar-refractivity contribution in [3.63, 3.8) is 0 Å². The molecule has 0 aliphatic carbocycles. The Bertz CT molecular complexity index is 588. The van der Waals surface area contributed by atoms with E-state index in [1.54, 1.807) is 30.0 Å². The zero-order valence-corrected chi connectivity index (χ0v) is 15.0. The molecule has 0 spiro atoms. The minimum Gasteiger partial charge on any atom is -0.389 e. The SMILES string of the molecule is CCC(CC)(CNS(=O)(=O)c1ccccc1C(N)=S)SC. The molecular weight excluding hydrogens is 324 g/mol. The molecular formula is C14H22N2O2S3. The first-order chi connectivity index (χ1) is 9.82. The Morgan fingerprint density at radius 1 is 1.33 bits per heavy atom. The van der Waals surface area contributed by atoms with Crippen LogP contribution in [0.4, 0.5) is 0 Å². The molecule has 0 aliphatic rings. The van der Waals surface area contributed by atoms with Crippen LogP contribution in [0.3, 0.4) is 0 Å². The van der Waals surface area contributed by atoms with Crippen LogP contribution in [0.15, 0.2) is 29.2 Å². The van der Waals surface area contributed by atoms with E-state index in [4.69, 9.17) is 18.0 Å². The molecule has 3 N–H and O–H groups in total. The van der Waals surface area contributed by atoms with Crippen LogP contribution in [0, 0.1) is 0 Å². The van der Waals surface area contributed by atoms with E-state index in [9.17, 15) is 8.42 Å². The lowest BCUT2D eigenvalue weighted by molar-refractivity contribution is 0.522. The molecule has 0 fully saturated rings. The van der Waals surface area contributed by atoms with Gasteiger partial charge in [-0.25, -0.2) is 13.1 Å². The molecule has 1 aromatic carbocycles. The fraction of sp³-hybridized carbons (Fsp3) is 0.500. The quantitative estimate of drug-likeness (QED) is 0.708. The number of thioether (sulfide) groups is 1. The van der Waals surface area contributed by atoms with E-state index in [0.717, 1.165) is 12.8 Å². The average molecular weight is 347 g/mol. The van der Waals surface area contributed by atoms with Crippen LogP contribution in [-0.2, 0) is 10.0 Å². The topological polar surface area (TPSA) is 72.2 Å². The molecule has 1 aromatic rings.